The number of nitrogens with zero attached hydrogens (tertiary/aromatic N) is 1. The van der Waals surface area contributed by atoms with Crippen molar-refractivity contribution in [2.45, 2.75) is 37.8 Å². The maximum Gasteiger partial charge on any atom is 0.255 e. The highest BCUT2D eigenvalue weighted by Crippen LogP contribution is 2.33. The molecule has 0 bridgehead atoms. The molecule has 128 valence electrons. The molecule has 0 radical (unpaired) electrons. The van der Waals surface area contributed by atoms with Gasteiger partial charge in [0.05, 0.1) is 5.92 Å². The summed E-state index contributed by atoms with van der Waals surface area (Å²) in [6.45, 7) is 0.185. The maximum absolute atomic E-state index is 12.7. The van der Waals surface area contributed by atoms with E-state index in [2.05, 4.69) is 11.2 Å². The summed E-state index contributed by atoms with van der Waals surface area (Å²) >= 11 is 0. The fourth-order valence-electron chi connectivity index (χ4n) is 3.42. The van der Waals surface area contributed by atoms with Gasteiger partial charge in [-0.2, -0.15) is 0 Å². The summed E-state index contributed by atoms with van der Waals surface area (Å²) in [5.74, 6) is 0.0799. The molecule has 4 amide bonds. The second-order valence-electron chi connectivity index (χ2n) is 6.14. The molecular weight excluding hydrogens is 322 g/mol. The Morgan fingerprint density at radius 1 is 1.40 bits per heavy atom. The highest BCUT2D eigenvalue weighted by atomic mass is 16.2. The zero-order valence-electron chi connectivity index (χ0n) is 13.5. The molecule has 0 spiro atoms. The molecule has 3 N–H and O–H groups in total. The van der Waals surface area contributed by atoms with E-state index in [-0.39, 0.29) is 37.6 Å². The number of hydrogen-bond acceptors (Lipinski definition) is 4. The third-order valence-electron chi connectivity index (χ3n) is 4.66. The van der Waals surface area contributed by atoms with Crippen molar-refractivity contribution < 1.29 is 19.2 Å². The Morgan fingerprint density at radius 3 is 2.80 bits per heavy atom. The van der Waals surface area contributed by atoms with E-state index in [0.29, 0.717) is 16.7 Å². The van der Waals surface area contributed by atoms with Gasteiger partial charge in [-0.25, -0.2) is 0 Å². The lowest BCUT2D eigenvalue weighted by Crippen LogP contribution is -2.52. The molecule has 25 heavy (non-hydrogen) atoms. The largest absolute Gasteiger partial charge is 0.369 e. The monoisotopic (exact) mass is 339 g/mol. The van der Waals surface area contributed by atoms with Crippen molar-refractivity contribution in [1.29, 1.82) is 0 Å². The number of piperidine rings is 1. The fraction of sp³-hybridized carbons (Fsp3) is 0.333. The predicted octanol–water partition coefficient (Wildman–Crippen LogP) is 0.0398. The number of nitrogens with one attached hydrogen (secondary N) is 1. The van der Waals surface area contributed by atoms with Crippen LogP contribution in [0.25, 0.3) is 0 Å². The number of rotatable bonds is 4. The minimum atomic E-state index is -0.704. The normalized spacial score (nSPS) is 20.7. The number of amides is 4. The van der Waals surface area contributed by atoms with Crippen molar-refractivity contribution in [3.05, 3.63) is 34.9 Å². The average molecular weight is 339 g/mol. The predicted molar refractivity (Wildman–Crippen MR) is 87.9 cm³/mol. The van der Waals surface area contributed by atoms with Crippen molar-refractivity contribution in [2.24, 2.45) is 5.73 Å². The summed E-state index contributed by atoms with van der Waals surface area (Å²) in [6, 6.07) is 4.35. The van der Waals surface area contributed by atoms with E-state index in [1.54, 1.807) is 18.2 Å². The van der Waals surface area contributed by atoms with Crippen LogP contribution in [-0.2, 0) is 20.9 Å². The van der Waals surface area contributed by atoms with Gasteiger partial charge in [0.25, 0.3) is 5.91 Å². The smallest absolute Gasteiger partial charge is 0.255 e. The lowest BCUT2D eigenvalue weighted by molar-refractivity contribution is -0.137. The first-order valence-electron chi connectivity index (χ1n) is 7.93. The zero-order chi connectivity index (χ0) is 18.1. The molecule has 1 fully saturated rings. The van der Waals surface area contributed by atoms with Gasteiger partial charge in [0, 0.05) is 24.9 Å². The third kappa shape index (κ3) is 2.87. The van der Waals surface area contributed by atoms with E-state index in [1.165, 1.54) is 4.90 Å². The highest BCUT2D eigenvalue weighted by molar-refractivity contribution is 6.05. The van der Waals surface area contributed by atoms with Crippen LogP contribution < -0.4 is 11.1 Å². The van der Waals surface area contributed by atoms with Crippen LogP contribution in [-0.4, -0.2) is 34.6 Å². The first-order valence-corrected chi connectivity index (χ1v) is 7.93. The molecule has 2 heterocycles. The van der Waals surface area contributed by atoms with Gasteiger partial charge in [-0.3, -0.25) is 24.5 Å². The summed E-state index contributed by atoms with van der Waals surface area (Å²) in [5.41, 5.74) is 7.18. The SMILES string of the molecule is C#CCC(C(N)=O)c1cccc2c1CN(C1CCC(=O)NC1=O)C2=O. The minimum absolute atomic E-state index is 0.137. The molecule has 1 saturated heterocycles. The second-order valence-corrected chi connectivity index (χ2v) is 6.14. The van der Waals surface area contributed by atoms with Gasteiger partial charge in [-0.15, -0.1) is 12.3 Å². The zero-order valence-corrected chi connectivity index (χ0v) is 13.5. The third-order valence-corrected chi connectivity index (χ3v) is 4.66. The Balaban J connectivity index is 1.95. The van der Waals surface area contributed by atoms with Gasteiger partial charge in [0.15, 0.2) is 0 Å². The number of imide groups is 1. The first kappa shape index (κ1) is 16.7. The van der Waals surface area contributed by atoms with Crippen LogP contribution in [0.15, 0.2) is 18.2 Å². The molecule has 2 unspecified atom stereocenters. The van der Waals surface area contributed by atoms with Crippen LogP contribution in [0.5, 0.6) is 0 Å². The molecule has 7 nitrogen and oxygen atoms in total. The lowest BCUT2D eigenvalue weighted by Gasteiger charge is -2.29. The first-order chi connectivity index (χ1) is 11.9. The molecule has 2 aliphatic heterocycles. The van der Waals surface area contributed by atoms with E-state index < -0.39 is 23.8 Å². The molecule has 3 rings (SSSR count). The molecule has 1 aromatic rings. The topological polar surface area (TPSA) is 110 Å². The number of nitrogens with two attached hydrogens (primary N) is 1. The summed E-state index contributed by atoms with van der Waals surface area (Å²) in [4.78, 5) is 49.3. The molecule has 2 aliphatic rings. The van der Waals surface area contributed by atoms with Crippen LogP contribution >= 0.6 is 0 Å². The van der Waals surface area contributed by atoms with Gasteiger partial charge in [-0.05, 0) is 23.6 Å². The van der Waals surface area contributed by atoms with Crippen molar-refractivity contribution in [3.63, 3.8) is 0 Å². The van der Waals surface area contributed by atoms with Gasteiger partial charge < -0.3 is 10.6 Å². The Morgan fingerprint density at radius 2 is 2.16 bits per heavy atom. The van der Waals surface area contributed by atoms with E-state index in [4.69, 9.17) is 12.2 Å². The second kappa shape index (κ2) is 6.40. The van der Waals surface area contributed by atoms with E-state index >= 15 is 0 Å². The van der Waals surface area contributed by atoms with Crippen molar-refractivity contribution in [2.75, 3.05) is 0 Å². The summed E-state index contributed by atoms with van der Waals surface area (Å²) in [6.07, 6.45) is 5.94. The number of primary amides is 1. The van der Waals surface area contributed by atoms with E-state index in [1.807, 2.05) is 0 Å². The molecule has 0 saturated carbocycles. The number of terminal acetylenes is 1. The average Bonchev–Trinajstić information content (AvgIpc) is 2.90. The summed E-state index contributed by atoms with van der Waals surface area (Å²) < 4.78 is 0. The van der Waals surface area contributed by atoms with Crippen LogP contribution in [0, 0.1) is 12.3 Å². The molecule has 2 atom stereocenters. The number of fused-ring (bicyclic) bond motifs is 1. The van der Waals surface area contributed by atoms with Crippen LogP contribution in [0.2, 0.25) is 0 Å². The lowest BCUT2D eigenvalue weighted by atomic mass is 9.89. The molecule has 0 aliphatic carbocycles. The quantitative estimate of drug-likeness (QED) is 0.596. The summed E-state index contributed by atoms with van der Waals surface area (Å²) in [7, 11) is 0. The molecule has 0 aromatic heterocycles. The Kier molecular flexibility index (Phi) is 4.28. The van der Waals surface area contributed by atoms with Crippen molar-refractivity contribution >= 4 is 23.6 Å². The summed E-state index contributed by atoms with van der Waals surface area (Å²) in [5, 5.41) is 2.26. The maximum atomic E-state index is 12.7. The van der Waals surface area contributed by atoms with Gasteiger partial charge in [0.1, 0.15) is 6.04 Å². The number of hydrogen-bond donors (Lipinski definition) is 2. The van der Waals surface area contributed by atoms with Gasteiger partial charge in [-0.1, -0.05) is 12.1 Å². The highest BCUT2D eigenvalue weighted by Gasteiger charge is 2.40. The van der Waals surface area contributed by atoms with Crippen molar-refractivity contribution in [3.8, 4) is 12.3 Å². The van der Waals surface area contributed by atoms with E-state index in [9.17, 15) is 19.2 Å². The Hall–Kier alpha value is -3.14. The van der Waals surface area contributed by atoms with Gasteiger partial charge >= 0.3 is 0 Å². The van der Waals surface area contributed by atoms with E-state index in [0.717, 1.165) is 0 Å². The number of carbonyl (C=O) groups is 4. The van der Waals surface area contributed by atoms with Crippen LogP contribution in [0.3, 0.4) is 0 Å². The van der Waals surface area contributed by atoms with Crippen molar-refractivity contribution in [1.82, 2.24) is 10.2 Å². The van der Waals surface area contributed by atoms with Crippen LogP contribution in [0.4, 0.5) is 0 Å². The fourth-order valence-corrected chi connectivity index (χ4v) is 3.42. The Bertz CT molecular complexity index is 824. The molecular formula is C18H17N3O4. The number of benzene rings is 1. The standard InChI is InChI=1S/C18H17N3O4/c1-2-4-11(16(19)23)10-5-3-6-12-13(10)9-21(18(12)25)14-7-8-15(22)20-17(14)24/h1,3,5-6,11,14H,4,7-9H2,(H2,19,23)(H,20,22,24). The minimum Gasteiger partial charge on any atom is -0.369 e. The van der Waals surface area contributed by atoms with Crippen LogP contribution in [0.1, 0.15) is 46.7 Å². The number of carbonyl (C=O) groups excluding carboxylic acids is 4. The molecule has 1 aromatic carbocycles. The Labute approximate surface area is 144 Å². The van der Waals surface area contributed by atoms with Gasteiger partial charge in [0.2, 0.25) is 17.7 Å². The molecule has 7 heteroatoms.